The van der Waals surface area contributed by atoms with Gasteiger partial charge in [0.15, 0.2) is 0 Å². The summed E-state index contributed by atoms with van der Waals surface area (Å²) in [4.78, 5) is 2.15. The van der Waals surface area contributed by atoms with Gasteiger partial charge in [0.1, 0.15) is 5.82 Å². The summed E-state index contributed by atoms with van der Waals surface area (Å²) in [6.07, 6.45) is 0. The van der Waals surface area contributed by atoms with Crippen molar-refractivity contribution >= 4 is 11.6 Å². The first-order valence-electron chi connectivity index (χ1n) is 6.94. The summed E-state index contributed by atoms with van der Waals surface area (Å²) in [5.74, 6) is -0.267. The summed E-state index contributed by atoms with van der Waals surface area (Å²) >= 11 is 5.76. The summed E-state index contributed by atoms with van der Waals surface area (Å²) in [7, 11) is 4.09. The third-order valence-electron chi connectivity index (χ3n) is 3.48. The van der Waals surface area contributed by atoms with Gasteiger partial charge in [-0.15, -0.1) is 0 Å². The fourth-order valence-electron chi connectivity index (χ4n) is 2.28. The fraction of sp³-hybridized carbons (Fsp3) is 0.294. The lowest BCUT2D eigenvalue weighted by Gasteiger charge is -2.25. The molecule has 21 heavy (non-hydrogen) atoms. The third-order valence-corrected chi connectivity index (χ3v) is 3.71. The van der Waals surface area contributed by atoms with E-state index < -0.39 is 0 Å². The molecule has 2 aromatic rings. The first-order valence-corrected chi connectivity index (χ1v) is 7.31. The Kier molecular flexibility index (Phi) is 5.74. The molecule has 0 aliphatic carbocycles. The SMILES string of the molecule is CN(C)C(CNCc1ccc(Cl)cc1F)c1ccccc1. The molecule has 0 aromatic heterocycles. The summed E-state index contributed by atoms with van der Waals surface area (Å²) in [6, 6.07) is 15.3. The number of benzene rings is 2. The summed E-state index contributed by atoms with van der Waals surface area (Å²) in [5, 5.41) is 3.74. The molecular weight excluding hydrogens is 287 g/mol. The van der Waals surface area contributed by atoms with E-state index in [1.54, 1.807) is 12.1 Å². The fourth-order valence-corrected chi connectivity index (χ4v) is 2.44. The van der Waals surface area contributed by atoms with E-state index in [1.165, 1.54) is 11.6 Å². The van der Waals surface area contributed by atoms with Crippen LogP contribution in [0.5, 0.6) is 0 Å². The van der Waals surface area contributed by atoms with E-state index in [1.807, 2.05) is 32.3 Å². The van der Waals surface area contributed by atoms with Gasteiger partial charge in [-0.2, -0.15) is 0 Å². The smallest absolute Gasteiger partial charge is 0.129 e. The van der Waals surface area contributed by atoms with Gasteiger partial charge >= 0.3 is 0 Å². The number of nitrogens with zero attached hydrogens (tertiary/aromatic N) is 1. The van der Waals surface area contributed by atoms with Gasteiger partial charge in [-0.3, -0.25) is 0 Å². The van der Waals surface area contributed by atoms with Crippen molar-refractivity contribution in [2.75, 3.05) is 20.6 Å². The maximum Gasteiger partial charge on any atom is 0.129 e. The Morgan fingerprint density at radius 2 is 1.86 bits per heavy atom. The maximum atomic E-state index is 13.7. The van der Waals surface area contributed by atoms with Crippen LogP contribution in [0.2, 0.25) is 5.02 Å². The molecular formula is C17H20ClFN2. The lowest BCUT2D eigenvalue weighted by Crippen LogP contribution is -2.31. The van der Waals surface area contributed by atoms with Gasteiger partial charge in [0.05, 0.1) is 0 Å². The molecule has 112 valence electrons. The van der Waals surface area contributed by atoms with Crippen LogP contribution in [0.15, 0.2) is 48.5 Å². The second-order valence-electron chi connectivity index (χ2n) is 5.26. The zero-order valence-electron chi connectivity index (χ0n) is 12.3. The van der Waals surface area contributed by atoms with Gasteiger partial charge in [-0.1, -0.05) is 48.0 Å². The molecule has 1 unspecified atom stereocenters. The average molecular weight is 307 g/mol. The van der Waals surface area contributed by atoms with Crippen molar-refractivity contribution in [3.8, 4) is 0 Å². The Bertz CT molecular complexity index is 572. The van der Waals surface area contributed by atoms with Crippen LogP contribution >= 0.6 is 11.6 Å². The molecule has 0 bridgehead atoms. The zero-order chi connectivity index (χ0) is 15.2. The van der Waals surface area contributed by atoms with Crippen molar-refractivity contribution in [2.24, 2.45) is 0 Å². The normalized spacial score (nSPS) is 12.6. The van der Waals surface area contributed by atoms with E-state index in [0.29, 0.717) is 17.1 Å². The largest absolute Gasteiger partial charge is 0.311 e. The Hall–Kier alpha value is -1.42. The highest BCUT2D eigenvalue weighted by Gasteiger charge is 2.13. The molecule has 0 spiro atoms. The van der Waals surface area contributed by atoms with Crippen molar-refractivity contribution < 1.29 is 4.39 Å². The van der Waals surface area contributed by atoms with E-state index in [0.717, 1.165) is 6.54 Å². The van der Waals surface area contributed by atoms with Gasteiger partial charge in [0.25, 0.3) is 0 Å². The number of halogens is 2. The summed E-state index contributed by atoms with van der Waals surface area (Å²) in [5.41, 5.74) is 1.87. The number of nitrogens with one attached hydrogen (secondary N) is 1. The van der Waals surface area contributed by atoms with Crippen LogP contribution < -0.4 is 5.32 Å². The topological polar surface area (TPSA) is 15.3 Å². The van der Waals surface area contributed by atoms with Crippen molar-refractivity contribution in [3.05, 3.63) is 70.5 Å². The number of rotatable bonds is 6. The third kappa shape index (κ3) is 4.53. The van der Waals surface area contributed by atoms with Gasteiger partial charge in [-0.25, -0.2) is 4.39 Å². The molecule has 0 amide bonds. The predicted molar refractivity (Wildman–Crippen MR) is 86.0 cm³/mol. The monoisotopic (exact) mass is 306 g/mol. The number of hydrogen-bond donors (Lipinski definition) is 1. The minimum Gasteiger partial charge on any atom is -0.311 e. The van der Waals surface area contributed by atoms with Gasteiger partial charge in [0.2, 0.25) is 0 Å². The van der Waals surface area contributed by atoms with Gasteiger partial charge in [0, 0.05) is 29.7 Å². The highest BCUT2D eigenvalue weighted by atomic mass is 35.5. The molecule has 2 aromatic carbocycles. The Morgan fingerprint density at radius 1 is 1.14 bits per heavy atom. The standard InChI is InChI=1S/C17H20ClFN2/c1-21(2)17(13-6-4-3-5-7-13)12-20-11-14-8-9-15(18)10-16(14)19/h3-10,17,20H,11-12H2,1-2H3. The van der Waals surface area contributed by atoms with Crippen molar-refractivity contribution in [3.63, 3.8) is 0 Å². The zero-order valence-corrected chi connectivity index (χ0v) is 13.1. The van der Waals surface area contributed by atoms with Crippen LogP contribution in [0.4, 0.5) is 4.39 Å². The minimum absolute atomic E-state index is 0.251. The molecule has 1 atom stereocenters. The quantitative estimate of drug-likeness (QED) is 0.871. The second kappa shape index (κ2) is 7.55. The predicted octanol–water partition coefficient (Wildman–Crippen LogP) is 3.87. The van der Waals surface area contributed by atoms with Crippen LogP contribution in [0.25, 0.3) is 0 Å². The Morgan fingerprint density at radius 3 is 2.48 bits per heavy atom. The molecule has 0 aliphatic rings. The van der Waals surface area contributed by atoms with Gasteiger partial charge in [-0.05, 0) is 31.8 Å². The van der Waals surface area contributed by atoms with E-state index in [9.17, 15) is 4.39 Å². The van der Waals surface area contributed by atoms with Crippen LogP contribution in [0, 0.1) is 5.82 Å². The van der Waals surface area contributed by atoms with Crippen molar-refractivity contribution in [2.45, 2.75) is 12.6 Å². The van der Waals surface area contributed by atoms with E-state index in [4.69, 9.17) is 11.6 Å². The highest BCUT2D eigenvalue weighted by Crippen LogP contribution is 2.18. The average Bonchev–Trinajstić information content (AvgIpc) is 2.46. The van der Waals surface area contributed by atoms with Crippen molar-refractivity contribution in [1.29, 1.82) is 0 Å². The molecule has 0 saturated carbocycles. The van der Waals surface area contributed by atoms with Crippen LogP contribution in [-0.4, -0.2) is 25.5 Å². The lowest BCUT2D eigenvalue weighted by molar-refractivity contribution is 0.288. The van der Waals surface area contributed by atoms with E-state index in [-0.39, 0.29) is 11.9 Å². The van der Waals surface area contributed by atoms with E-state index in [2.05, 4.69) is 22.3 Å². The first kappa shape index (κ1) is 16.0. The van der Waals surface area contributed by atoms with E-state index >= 15 is 0 Å². The molecule has 2 rings (SSSR count). The lowest BCUT2D eigenvalue weighted by atomic mass is 10.1. The van der Waals surface area contributed by atoms with Gasteiger partial charge < -0.3 is 10.2 Å². The van der Waals surface area contributed by atoms with Crippen LogP contribution in [0.3, 0.4) is 0 Å². The molecule has 0 aliphatic heterocycles. The number of likely N-dealkylation sites (N-methyl/N-ethyl adjacent to an activating group) is 1. The molecule has 0 radical (unpaired) electrons. The molecule has 0 saturated heterocycles. The second-order valence-corrected chi connectivity index (χ2v) is 5.69. The molecule has 0 fully saturated rings. The Balaban J connectivity index is 1.97. The molecule has 0 heterocycles. The first-order chi connectivity index (χ1) is 10.1. The molecule has 4 heteroatoms. The van der Waals surface area contributed by atoms with Crippen LogP contribution in [-0.2, 0) is 6.54 Å². The summed E-state index contributed by atoms with van der Waals surface area (Å²) < 4.78 is 13.7. The molecule has 1 N–H and O–H groups in total. The highest BCUT2D eigenvalue weighted by molar-refractivity contribution is 6.30. The van der Waals surface area contributed by atoms with Crippen molar-refractivity contribution in [1.82, 2.24) is 10.2 Å². The summed E-state index contributed by atoms with van der Waals surface area (Å²) in [6.45, 7) is 1.24. The van der Waals surface area contributed by atoms with Crippen LogP contribution in [0.1, 0.15) is 17.2 Å². The maximum absolute atomic E-state index is 13.7. The Labute approximate surface area is 130 Å². The minimum atomic E-state index is -0.267. The number of hydrogen-bond acceptors (Lipinski definition) is 2. The molecule has 2 nitrogen and oxygen atoms in total.